The lowest BCUT2D eigenvalue weighted by molar-refractivity contribution is -0.118. The van der Waals surface area contributed by atoms with Crippen molar-refractivity contribution in [1.29, 1.82) is 0 Å². The number of nitrogen functional groups attached to an aromatic ring is 1. The first-order valence-corrected chi connectivity index (χ1v) is 6.33. The van der Waals surface area contributed by atoms with Crippen molar-refractivity contribution in [2.45, 2.75) is 32.2 Å². The van der Waals surface area contributed by atoms with Gasteiger partial charge in [0.15, 0.2) is 0 Å². The molecule has 0 saturated heterocycles. The Balaban J connectivity index is 1.92. The summed E-state index contributed by atoms with van der Waals surface area (Å²) >= 11 is 0. The van der Waals surface area contributed by atoms with Gasteiger partial charge in [0.05, 0.1) is 0 Å². The van der Waals surface area contributed by atoms with Crippen LogP contribution in [-0.4, -0.2) is 11.4 Å². The van der Waals surface area contributed by atoms with Gasteiger partial charge in [0.1, 0.15) is 0 Å². The minimum Gasteiger partial charge on any atom is -0.399 e. The number of rotatable bonds is 4. The molecule has 0 aromatic heterocycles. The number of anilines is 1. The van der Waals surface area contributed by atoms with Gasteiger partial charge < -0.3 is 11.1 Å². The van der Waals surface area contributed by atoms with Crippen LogP contribution in [0.3, 0.4) is 0 Å². The van der Waals surface area contributed by atoms with E-state index in [-0.39, 0.29) is 11.4 Å². The van der Waals surface area contributed by atoms with Crippen LogP contribution in [0.5, 0.6) is 0 Å². The standard InChI is InChI=1S/C15H20N2O/c1-15(2,12-6-7-12)17-14(18)10-5-11-3-8-13(16)9-4-11/h3-5,8-10,12H,6-7,16H2,1-2H3,(H,17,18)/b10-5+. The van der Waals surface area contributed by atoms with Gasteiger partial charge in [0, 0.05) is 17.3 Å². The van der Waals surface area contributed by atoms with E-state index >= 15 is 0 Å². The second-order valence-electron chi connectivity index (χ2n) is 5.49. The molecule has 96 valence electrons. The lowest BCUT2D eigenvalue weighted by Crippen LogP contribution is -2.44. The second kappa shape index (κ2) is 4.84. The number of carbonyl (C=O) groups is 1. The zero-order valence-corrected chi connectivity index (χ0v) is 10.9. The van der Waals surface area contributed by atoms with Gasteiger partial charge in [-0.05, 0) is 56.4 Å². The van der Waals surface area contributed by atoms with Crippen molar-refractivity contribution in [3.63, 3.8) is 0 Å². The van der Waals surface area contributed by atoms with E-state index < -0.39 is 0 Å². The van der Waals surface area contributed by atoms with E-state index in [0.717, 1.165) is 11.3 Å². The number of nitrogens with two attached hydrogens (primary N) is 1. The summed E-state index contributed by atoms with van der Waals surface area (Å²) in [5.41, 5.74) is 7.21. The maximum absolute atomic E-state index is 11.8. The van der Waals surface area contributed by atoms with Gasteiger partial charge in [0.2, 0.25) is 5.91 Å². The first-order chi connectivity index (χ1) is 8.47. The highest BCUT2D eigenvalue weighted by Gasteiger charge is 2.38. The van der Waals surface area contributed by atoms with Crippen molar-refractivity contribution >= 4 is 17.7 Å². The largest absolute Gasteiger partial charge is 0.399 e. The quantitative estimate of drug-likeness (QED) is 0.632. The number of nitrogens with one attached hydrogen (secondary N) is 1. The van der Waals surface area contributed by atoms with Gasteiger partial charge in [-0.2, -0.15) is 0 Å². The zero-order valence-electron chi connectivity index (χ0n) is 10.9. The Bertz CT molecular complexity index is 456. The molecule has 2 rings (SSSR count). The third kappa shape index (κ3) is 3.36. The van der Waals surface area contributed by atoms with Crippen molar-refractivity contribution in [2.24, 2.45) is 5.92 Å². The van der Waals surface area contributed by atoms with Crippen LogP contribution >= 0.6 is 0 Å². The highest BCUT2D eigenvalue weighted by atomic mass is 16.1. The summed E-state index contributed by atoms with van der Waals surface area (Å²) in [5, 5.41) is 3.05. The molecule has 0 unspecified atom stereocenters. The normalized spacial score (nSPS) is 15.9. The Hall–Kier alpha value is -1.77. The molecule has 0 heterocycles. The van der Waals surface area contributed by atoms with Crippen LogP contribution in [0.1, 0.15) is 32.3 Å². The Morgan fingerprint density at radius 2 is 1.94 bits per heavy atom. The van der Waals surface area contributed by atoms with E-state index in [1.807, 2.05) is 24.3 Å². The molecule has 1 saturated carbocycles. The highest BCUT2D eigenvalue weighted by Crippen LogP contribution is 2.39. The molecule has 0 atom stereocenters. The molecule has 1 fully saturated rings. The SMILES string of the molecule is CC(C)(NC(=O)/C=C/c1ccc(N)cc1)C1CC1. The van der Waals surface area contributed by atoms with Gasteiger partial charge in [-0.25, -0.2) is 0 Å². The topological polar surface area (TPSA) is 55.1 Å². The van der Waals surface area contributed by atoms with E-state index in [2.05, 4.69) is 19.2 Å². The van der Waals surface area contributed by atoms with E-state index in [4.69, 9.17) is 5.73 Å². The zero-order chi connectivity index (χ0) is 13.2. The minimum atomic E-state index is -0.0947. The molecule has 3 N–H and O–H groups in total. The summed E-state index contributed by atoms with van der Waals surface area (Å²) in [7, 11) is 0. The van der Waals surface area contributed by atoms with Crippen LogP contribution < -0.4 is 11.1 Å². The Kier molecular flexibility index (Phi) is 3.41. The van der Waals surface area contributed by atoms with Crippen LogP contribution in [0.25, 0.3) is 6.08 Å². The highest BCUT2D eigenvalue weighted by molar-refractivity contribution is 5.92. The Morgan fingerprint density at radius 1 is 1.33 bits per heavy atom. The molecule has 3 heteroatoms. The molecule has 1 aliphatic rings. The van der Waals surface area contributed by atoms with Gasteiger partial charge in [-0.15, -0.1) is 0 Å². The fourth-order valence-electron chi connectivity index (χ4n) is 2.05. The first-order valence-electron chi connectivity index (χ1n) is 6.33. The molecule has 0 spiro atoms. The van der Waals surface area contributed by atoms with E-state index in [0.29, 0.717) is 5.92 Å². The first kappa shape index (κ1) is 12.7. The van der Waals surface area contributed by atoms with Crippen molar-refractivity contribution in [1.82, 2.24) is 5.32 Å². The molecule has 3 nitrogen and oxygen atoms in total. The molecule has 0 aliphatic heterocycles. The number of hydrogen-bond donors (Lipinski definition) is 2. The summed E-state index contributed by atoms with van der Waals surface area (Å²) in [6, 6.07) is 7.44. The van der Waals surface area contributed by atoms with E-state index in [1.165, 1.54) is 12.8 Å². The molecular formula is C15H20N2O. The van der Waals surface area contributed by atoms with Gasteiger partial charge in [0.25, 0.3) is 0 Å². The van der Waals surface area contributed by atoms with Crippen LogP contribution in [0.2, 0.25) is 0 Å². The van der Waals surface area contributed by atoms with Crippen molar-refractivity contribution in [3.8, 4) is 0 Å². The molecule has 1 amide bonds. The fraction of sp³-hybridized carbons (Fsp3) is 0.400. The molecule has 1 aliphatic carbocycles. The van der Waals surface area contributed by atoms with Gasteiger partial charge in [-0.3, -0.25) is 4.79 Å². The molecule has 18 heavy (non-hydrogen) atoms. The number of benzene rings is 1. The van der Waals surface area contributed by atoms with Gasteiger partial charge >= 0.3 is 0 Å². The van der Waals surface area contributed by atoms with E-state index in [1.54, 1.807) is 12.2 Å². The molecular weight excluding hydrogens is 224 g/mol. The number of carbonyl (C=O) groups excluding carboxylic acids is 1. The second-order valence-corrected chi connectivity index (χ2v) is 5.49. The maximum Gasteiger partial charge on any atom is 0.244 e. The lowest BCUT2D eigenvalue weighted by Gasteiger charge is -2.25. The molecule has 1 aromatic carbocycles. The monoisotopic (exact) mass is 244 g/mol. The predicted octanol–water partition coefficient (Wildman–Crippen LogP) is 2.59. The lowest BCUT2D eigenvalue weighted by atomic mass is 9.99. The van der Waals surface area contributed by atoms with Crippen molar-refractivity contribution in [3.05, 3.63) is 35.9 Å². The van der Waals surface area contributed by atoms with Gasteiger partial charge in [-0.1, -0.05) is 12.1 Å². The Labute approximate surface area is 108 Å². The molecule has 0 radical (unpaired) electrons. The van der Waals surface area contributed by atoms with Crippen molar-refractivity contribution in [2.75, 3.05) is 5.73 Å². The minimum absolute atomic E-state index is 0.0382. The molecule has 0 bridgehead atoms. The van der Waals surface area contributed by atoms with Crippen molar-refractivity contribution < 1.29 is 4.79 Å². The van der Waals surface area contributed by atoms with E-state index in [9.17, 15) is 4.79 Å². The number of hydrogen-bond acceptors (Lipinski definition) is 2. The maximum atomic E-state index is 11.8. The summed E-state index contributed by atoms with van der Waals surface area (Å²) in [6.45, 7) is 4.17. The summed E-state index contributed by atoms with van der Waals surface area (Å²) in [6.07, 6.45) is 5.82. The fourth-order valence-corrected chi connectivity index (χ4v) is 2.05. The van der Waals surface area contributed by atoms with Crippen LogP contribution in [0.15, 0.2) is 30.3 Å². The average Bonchev–Trinajstić information content (AvgIpc) is 3.11. The molecule has 1 aromatic rings. The predicted molar refractivity (Wildman–Crippen MR) is 74.8 cm³/mol. The Morgan fingerprint density at radius 3 is 2.50 bits per heavy atom. The average molecular weight is 244 g/mol. The summed E-state index contributed by atoms with van der Waals surface area (Å²) in [4.78, 5) is 11.8. The third-order valence-corrected chi connectivity index (χ3v) is 3.41. The smallest absolute Gasteiger partial charge is 0.244 e. The van der Waals surface area contributed by atoms with Crippen LogP contribution in [-0.2, 0) is 4.79 Å². The summed E-state index contributed by atoms with van der Waals surface area (Å²) < 4.78 is 0. The van der Waals surface area contributed by atoms with Crippen LogP contribution in [0.4, 0.5) is 5.69 Å². The van der Waals surface area contributed by atoms with Crippen LogP contribution in [0, 0.1) is 5.92 Å². The summed E-state index contributed by atoms with van der Waals surface area (Å²) in [5.74, 6) is 0.593. The third-order valence-electron chi connectivity index (χ3n) is 3.41. The number of amides is 1.